The van der Waals surface area contributed by atoms with E-state index in [0.717, 1.165) is 31.5 Å². The maximum absolute atomic E-state index is 12.6. The van der Waals surface area contributed by atoms with Gasteiger partial charge in [0.05, 0.1) is 0 Å². The maximum atomic E-state index is 12.6. The lowest BCUT2D eigenvalue weighted by Crippen LogP contribution is -2.42. The number of hydrogen-bond acceptors (Lipinski definition) is 1. The molecule has 2 rings (SSSR count). The Kier molecular flexibility index (Phi) is 4.58. The highest BCUT2D eigenvalue weighted by atomic mass is 79.9. The van der Waals surface area contributed by atoms with Crippen LogP contribution < -0.4 is 4.90 Å². The summed E-state index contributed by atoms with van der Waals surface area (Å²) in [5, 5.41) is 0. The average molecular weight is 338 g/mol. The summed E-state index contributed by atoms with van der Waals surface area (Å²) in [4.78, 5) is 15.0. The Labute approximate surface area is 130 Å². The lowest BCUT2D eigenvalue weighted by atomic mass is 9.91. The highest BCUT2D eigenvalue weighted by molar-refractivity contribution is 9.09. The number of alkyl halides is 1. The molecule has 0 aliphatic carbocycles. The zero-order valence-electron chi connectivity index (χ0n) is 12.9. The number of benzene rings is 1. The molecule has 1 amide bonds. The lowest BCUT2D eigenvalue weighted by molar-refractivity contribution is -0.125. The predicted molar refractivity (Wildman–Crippen MR) is 88.7 cm³/mol. The van der Waals surface area contributed by atoms with Crippen LogP contribution in [0.4, 0.5) is 5.69 Å². The third-order valence-corrected chi connectivity index (χ3v) is 3.99. The van der Waals surface area contributed by atoms with Crippen LogP contribution in [0.3, 0.4) is 0 Å². The van der Waals surface area contributed by atoms with Crippen LogP contribution in [0.5, 0.6) is 0 Å². The largest absolute Gasteiger partial charge is 0.312 e. The number of carbonyl (C=O) groups excluding carboxylic acids is 1. The minimum atomic E-state index is -0.322. The van der Waals surface area contributed by atoms with Crippen molar-refractivity contribution >= 4 is 27.5 Å². The topological polar surface area (TPSA) is 20.3 Å². The van der Waals surface area contributed by atoms with Gasteiger partial charge >= 0.3 is 0 Å². The zero-order chi connectivity index (χ0) is 14.9. The fourth-order valence-electron chi connectivity index (χ4n) is 2.72. The molecule has 2 nitrogen and oxygen atoms in total. The van der Waals surface area contributed by atoms with Crippen LogP contribution in [0.2, 0.25) is 0 Å². The molecule has 110 valence electrons. The monoisotopic (exact) mass is 337 g/mol. The van der Waals surface area contributed by atoms with Gasteiger partial charge < -0.3 is 4.90 Å². The predicted octanol–water partition coefficient (Wildman–Crippen LogP) is 4.34. The second-order valence-corrected chi connectivity index (χ2v) is 8.32. The van der Waals surface area contributed by atoms with Gasteiger partial charge in [-0.05, 0) is 36.5 Å². The summed E-state index contributed by atoms with van der Waals surface area (Å²) in [6, 6.07) is 6.56. The van der Waals surface area contributed by atoms with Gasteiger partial charge in [-0.3, -0.25) is 4.79 Å². The van der Waals surface area contributed by atoms with Crippen molar-refractivity contribution in [1.82, 2.24) is 0 Å². The Balaban J connectivity index is 2.30. The van der Waals surface area contributed by atoms with E-state index in [1.165, 1.54) is 11.1 Å². The van der Waals surface area contributed by atoms with Gasteiger partial charge in [-0.2, -0.15) is 0 Å². The second-order valence-electron chi connectivity index (χ2n) is 6.76. The molecule has 0 fully saturated rings. The molecule has 1 aromatic carbocycles. The molecular weight excluding hydrogens is 314 g/mol. The Morgan fingerprint density at radius 3 is 2.70 bits per heavy atom. The minimum absolute atomic E-state index is 0.222. The third kappa shape index (κ3) is 3.43. The van der Waals surface area contributed by atoms with Crippen molar-refractivity contribution in [3.05, 3.63) is 29.3 Å². The number of hydrogen-bond donors (Lipinski definition) is 0. The molecule has 20 heavy (non-hydrogen) atoms. The van der Waals surface area contributed by atoms with E-state index in [1.54, 1.807) is 0 Å². The van der Waals surface area contributed by atoms with Crippen LogP contribution in [0.15, 0.2) is 18.2 Å². The normalized spacial score (nSPS) is 16.8. The van der Waals surface area contributed by atoms with Crippen molar-refractivity contribution in [2.45, 2.75) is 51.8 Å². The molecule has 0 radical (unpaired) electrons. The van der Waals surface area contributed by atoms with Gasteiger partial charge in [0.2, 0.25) is 5.91 Å². The van der Waals surface area contributed by atoms with Crippen LogP contribution >= 0.6 is 15.9 Å². The van der Waals surface area contributed by atoms with Crippen LogP contribution in [0.1, 0.15) is 45.2 Å². The van der Waals surface area contributed by atoms with E-state index in [-0.39, 0.29) is 11.3 Å². The van der Waals surface area contributed by atoms with E-state index >= 15 is 0 Å². The quantitative estimate of drug-likeness (QED) is 0.735. The molecule has 0 saturated heterocycles. The molecule has 1 atom stereocenters. The molecule has 1 heterocycles. The zero-order valence-corrected chi connectivity index (χ0v) is 14.5. The Hall–Kier alpha value is -0.830. The van der Waals surface area contributed by atoms with Crippen LogP contribution in [-0.2, 0) is 17.6 Å². The number of fused-ring (bicyclic) bond motifs is 1. The summed E-state index contributed by atoms with van der Waals surface area (Å²) in [7, 11) is 0. The Morgan fingerprint density at radius 1 is 1.40 bits per heavy atom. The number of nitrogens with zero attached hydrogens (tertiary/aromatic N) is 1. The van der Waals surface area contributed by atoms with E-state index in [0.29, 0.717) is 4.83 Å². The number of carbonyl (C=O) groups is 1. The van der Waals surface area contributed by atoms with Gasteiger partial charge in [-0.1, -0.05) is 55.8 Å². The van der Waals surface area contributed by atoms with Gasteiger partial charge in [0.1, 0.15) is 0 Å². The molecule has 1 unspecified atom stereocenters. The smallest absolute Gasteiger partial charge is 0.232 e. The Morgan fingerprint density at radius 2 is 2.10 bits per heavy atom. The first kappa shape index (κ1) is 15.6. The van der Waals surface area contributed by atoms with Crippen LogP contribution in [0, 0.1) is 5.41 Å². The fourth-order valence-corrected chi connectivity index (χ4v) is 3.09. The highest BCUT2D eigenvalue weighted by Gasteiger charge is 2.30. The van der Waals surface area contributed by atoms with E-state index < -0.39 is 0 Å². The van der Waals surface area contributed by atoms with Gasteiger partial charge in [0.25, 0.3) is 0 Å². The number of halogens is 1. The lowest BCUT2D eigenvalue weighted by Gasteiger charge is -2.34. The second kappa shape index (κ2) is 5.88. The number of amides is 1. The van der Waals surface area contributed by atoms with E-state index in [9.17, 15) is 4.79 Å². The van der Waals surface area contributed by atoms with E-state index in [4.69, 9.17) is 0 Å². The molecule has 0 aromatic heterocycles. The minimum Gasteiger partial charge on any atom is -0.312 e. The molecule has 0 bridgehead atoms. The van der Waals surface area contributed by atoms with Gasteiger partial charge in [-0.25, -0.2) is 0 Å². The highest BCUT2D eigenvalue weighted by Crippen LogP contribution is 2.32. The molecule has 0 N–H and O–H groups in total. The van der Waals surface area contributed by atoms with Crippen molar-refractivity contribution in [2.24, 2.45) is 5.41 Å². The average Bonchev–Trinajstić information content (AvgIpc) is 2.35. The van der Waals surface area contributed by atoms with Gasteiger partial charge in [0.15, 0.2) is 0 Å². The summed E-state index contributed by atoms with van der Waals surface area (Å²) in [5.41, 5.74) is 3.46. The fraction of sp³-hybridized carbons (Fsp3) is 0.588. The summed E-state index contributed by atoms with van der Waals surface area (Å²) < 4.78 is 0. The summed E-state index contributed by atoms with van der Waals surface area (Å²) >= 11 is 3.60. The molecule has 0 spiro atoms. The number of rotatable bonds is 2. The van der Waals surface area contributed by atoms with Crippen molar-refractivity contribution in [1.29, 1.82) is 0 Å². The third-order valence-electron chi connectivity index (χ3n) is 3.67. The SMILES string of the molecule is CC(Br)Cc1ccc2c(c1)CCCN2C(=O)C(C)(C)C. The molecule has 1 aliphatic heterocycles. The Bertz CT molecular complexity index is 502. The van der Waals surface area contributed by atoms with Crippen molar-refractivity contribution in [3.8, 4) is 0 Å². The first-order valence-electron chi connectivity index (χ1n) is 7.37. The van der Waals surface area contributed by atoms with Crippen LogP contribution in [-0.4, -0.2) is 17.3 Å². The summed E-state index contributed by atoms with van der Waals surface area (Å²) in [6.45, 7) is 8.98. The number of anilines is 1. The molecule has 0 saturated carbocycles. The number of aryl methyl sites for hydroxylation is 1. The van der Waals surface area contributed by atoms with Gasteiger partial charge in [0, 0.05) is 22.5 Å². The maximum Gasteiger partial charge on any atom is 0.232 e. The molecule has 3 heteroatoms. The standard InChI is InChI=1S/C17H24BrNO/c1-12(18)10-13-7-8-15-14(11-13)6-5-9-19(15)16(20)17(2,3)4/h7-8,11-12H,5-6,9-10H2,1-4H3. The summed E-state index contributed by atoms with van der Waals surface area (Å²) in [5.74, 6) is 0.222. The van der Waals surface area contributed by atoms with Crippen molar-refractivity contribution in [2.75, 3.05) is 11.4 Å². The van der Waals surface area contributed by atoms with E-state index in [1.807, 2.05) is 25.7 Å². The molecule has 1 aliphatic rings. The molecule has 1 aromatic rings. The van der Waals surface area contributed by atoms with Crippen LogP contribution in [0.25, 0.3) is 0 Å². The first-order chi connectivity index (χ1) is 9.29. The van der Waals surface area contributed by atoms with E-state index in [2.05, 4.69) is 41.1 Å². The van der Waals surface area contributed by atoms with Crippen molar-refractivity contribution in [3.63, 3.8) is 0 Å². The van der Waals surface area contributed by atoms with Crippen molar-refractivity contribution < 1.29 is 4.79 Å². The summed E-state index contributed by atoms with van der Waals surface area (Å²) in [6.07, 6.45) is 3.16. The first-order valence-corrected chi connectivity index (χ1v) is 8.28. The van der Waals surface area contributed by atoms with Gasteiger partial charge in [-0.15, -0.1) is 0 Å². The molecular formula is C17H24BrNO.